The van der Waals surface area contributed by atoms with Crippen LogP contribution in [0.5, 0.6) is 5.75 Å². The molecule has 0 fully saturated rings. The predicted octanol–water partition coefficient (Wildman–Crippen LogP) is 3.42. The van der Waals surface area contributed by atoms with E-state index >= 15 is 0 Å². The molecule has 0 spiro atoms. The van der Waals surface area contributed by atoms with Gasteiger partial charge >= 0.3 is 0 Å². The summed E-state index contributed by atoms with van der Waals surface area (Å²) in [5.41, 5.74) is 9.68. The first-order chi connectivity index (χ1) is 9.04. The molecule has 0 radical (unpaired) electrons. The van der Waals surface area contributed by atoms with E-state index in [1.165, 1.54) is 11.1 Å². The number of nitrogens with two attached hydrogens (primary N) is 1. The van der Waals surface area contributed by atoms with Crippen molar-refractivity contribution in [3.63, 3.8) is 0 Å². The minimum atomic E-state index is -0.446. The molecule has 2 nitrogen and oxygen atoms in total. The number of hydrogen-bond donors (Lipinski definition) is 1. The summed E-state index contributed by atoms with van der Waals surface area (Å²) in [6.07, 6.45) is 0.792. The second-order valence-corrected chi connectivity index (χ2v) is 5.22. The summed E-state index contributed by atoms with van der Waals surface area (Å²) in [6, 6.07) is 16.3. The number of para-hydroxylation sites is 1. The van der Waals surface area contributed by atoms with Gasteiger partial charge in [-0.25, -0.2) is 0 Å². The van der Waals surface area contributed by atoms with Crippen molar-refractivity contribution in [2.45, 2.75) is 25.8 Å². The molecular weight excluding hydrogens is 234 g/mol. The molecular formula is C17H21NO. The summed E-state index contributed by atoms with van der Waals surface area (Å²) in [5, 5.41) is 0. The second-order valence-electron chi connectivity index (χ2n) is 5.22. The van der Waals surface area contributed by atoms with Crippen molar-refractivity contribution in [2.75, 3.05) is 7.11 Å². The maximum absolute atomic E-state index is 6.54. The minimum absolute atomic E-state index is 0.446. The summed E-state index contributed by atoms with van der Waals surface area (Å²) in [6.45, 7) is 4.17. The Balaban J connectivity index is 2.35. The third-order valence-corrected chi connectivity index (χ3v) is 3.54. The van der Waals surface area contributed by atoms with Crippen molar-refractivity contribution in [3.05, 3.63) is 65.2 Å². The average Bonchev–Trinajstić information content (AvgIpc) is 2.41. The van der Waals surface area contributed by atoms with Gasteiger partial charge in [0.1, 0.15) is 5.75 Å². The fraction of sp³-hybridized carbons (Fsp3) is 0.294. The van der Waals surface area contributed by atoms with Gasteiger partial charge in [-0.15, -0.1) is 0 Å². The average molecular weight is 255 g/mol. The van der Waals surface area contributed by atoms with Gasteiger partial charge < -0.3 is 10.5 Å². The fourth-order valence-electron chi connectivity index (χ4n) is 2.42. The molecule has 0 bridgehead atoms. The van der Waals surface area contributed by atoms with Crippen molar-refractivity contribution in [2.24, 2.45) is 5.73 Å². The van der Waals surface area contributed by atoms with Crippen molar-refractivity contribution < 1.29 is 4.74 Å². The van der Waals surface area contributed by atoms with Crippen LogP contribution in [0.15, 0.2) is 48.5 Å². The van der Waals surface area contributed by atoms with Crippen LogP contribution in [-0.2, 0) is 12.0 Å². The molecule has 2 N–H and O–H groups in total. The standard InChI is InChI=1S/C17H21NO/c1-13-8-4-5-9-14(13)12-17(2,18)15-10-6-7-11-16(15)19-3/h4-11H,12,18H2,1-3H3. The van der Waals surface area contributed by atoms with E-state index in [9.17, 15) is 0 Å². The summed E-state index contributed by atoms with van der Waals surface area (Å²) >= 11 is 0. The molecule has 0 amide bonds. The third-order valence-electron chi connectivity index (χ3n) is 3.54. The van der Waals surface area contributed by atoms with Gasteiger partial charge in [0.15, 0.2) is 0 Å². The highest BCUT2D eigenvalue weighted by atomic mass is 16.5. The van der Waals surface area contributed by atoms with Crippen molar-refractivity contribution in [1.82, 2.24) is 0 Å². The molecule has 2 aromatic carbocycles. The Bertz CT molecular complexity index is 561. The number of benzene rings is 2. The number of hydrogen-bond acceptors (Lipinski definition) is 2. The zero-order valence-corrected chi connectivity index (χ0v) is 11.8. The van der Waals surface area contributed by atoms with E-state index in [4.69, 9.17) is 10.5 Å². The monoisotopic (exact) mass is 255 g/mol. The molecule has 100 valence electrons. The highest BCUT2D eigenvalue weighted by Crippen LogP contribution is 2.31. The molecule has 2 aromatic rings. The molecule has 2 heteroatoms. The Labute approximate surface area is 115 Å². The largest absolute Gasteiger partial charge is 0.496 e. The predicted molar refractivity (Wildman–Crippen MR) is 79.4 cm³/mol. The van der Waals surface area contributed by atoms with Gasteiger partial charge in [-0.1, -0.05) is 42.5 Å². The van der Waals surface area contributed by atoms with Crippen LogP contribution >= 0.6 is 0 Å². The van der Waals surface area contributed by atoms with Crippen molar-refractivity contribution in [3.8, 4) is 5.75 Å². The molecule has 0 aromatic heterocycles. The lowest BCUT2D eigenvalue weighted by Crippen LogP contribution is -2.36. The first kappa shape index (κ1) is 13.6. The van der Waals surface area contributed by atoms with E-state index in [1.54, 1.807) is 7.11 Å². The van der Waals surface area contributed by atoms with Gasteiger partial charge in [0.2, 0.25) is 0 Å². The van der Waals surface area contributed by atoms with Gasteiger partial charge in [0.25, 0.3) is 0 Å². The molecule has 19 heavy (non-hydrogen) atoms. The SMILES string of the molecule is COc1ccccc1C(C)(N)Cc1ccccc1C. The summed E-state index contributed by atoms with van der Waals surface area (Å²) in [5.74, 6) is 0.848. The fourth-order valence-corrected chi connectivity index (χ4v) is 2.42. The lowest BCUT2D eigenvalue weighted by atomic mass is 9.85. The topological polar surface area (TPSA) is 35.2 Å². The van der Waals surface area contributed by atoms with E-state index in [-0.39, 0.29) is 0 Å². The maximum atomic E-state index is 6.54. The molecule has 2 rings (SSSR count). The molecule has 0 aliphatic heterocycles. The van der Waals surface area contributed by atoms with Crippen LogP contribution in [0, 0.1) is 6.92 Å². The molecule has 1 unspecified atom stereocenters. The highest BCUT2D eigenvalue weighted by Gasteiger charge is 2.25. The number of rotatable bonds is 4. The normalized spacial score (nSPS) is 13.9. The Kier molecular flexibility index (Phi) is 3.91. The third kappa shape index (κ3) is 2.96. The molecule has 0 aliphatic carbocycles. The van der Waals surface area contributed by atoms with Crippen LogP contribution in [0.2, 0.25) is 0 Å². The Morgan fingerprint density at radius 3 is 2.37 bits per heavy atom. The van der Waals surface area contributed by atoms with Crippen LogP contribution < -0.4 is 10.5 Å². The first-order valence-corrected chi connectivity index (χ1v) is 6.51. The molecule has 0 saturated carbocycles. The zero-order valence-electron chi connectivity index (χ0n) is 11.8. The zero-order chi connectivity index (χ0) is 13.9. The van der Waals surface area contributed by atoms with E-state index in [2.05, 4.69) is 38.1 Å². The maximum Gasteiger partial charge on any atom is 0.123 e. The van der Waals surface area contributed by atoms with Gasteiger partial charge in [-0.2, -0.15) is 0 Å². The van der Waals surface area contributed by atoms with E-state index in [1.807, 2.05) is 24.3 Å². The summed E-state index contributed by atoms with van der Waals surface area (Å²) in [4.78, 5) is 0. The lowest BCUT2D eigenvalue weighted by molar-refractivity contribution is 0.386. The summed E-state index contributed by atoms with van der Waals surface area (Å²) in [7, 11) is 1.68. The van der Waals surface area contributed by atoms with Gasteiger partial charge in [0.05, 0.1) is 7.11 Å². The van der Waals surface area contributed by atoms with Gasteiger partial charge in [0, 0.05) is 11.1 Å². The highest BCUT2D eigenvalue weighted by molar-refractivity contribution is 5.40. The Morgan fingerprint density at radius 2 is 1.68 bits per heavy atom. The number of aryl methyl sites for hydroxylation is 1. The quantitative estimate of drug-likeness (QED) is 0.908. The first-order valence-electron chi connectivity index (χ1n) is 6.51. The Hall–Kier alpha value is -1.80. The van der Waals surface area contributed by atoms with Gasteiger partial charge in [-0.3, -0.25) is 0 Å². The smallest absolute Gasteiger partial charge is 0.123 e. The number of ether oxygens (including phenoxy) is 1. The van der Waals surface area contributed by atoms with E-state index in [0.29, 0.717) is 0 Å². The van der Waals surface area contributed by atoms with Crippen LogP contribution in [-0.4, -0.2) is 7.11 Å². The van der Waals surface area contributed by atoms with Crippen molar-refractivity contribution >= 4 is 0 Å². The van der Waals surface area contributed by atoms with Crippen LogP contribution in [0.25, 0.3) is 0 Å². The van der Waals surface area contributed by atoms with Crippen LogP contribution in [0.3, 0.4) is 0 Å². The van der Waals surface area contributed by atoms with Crippen LogP contribution in [0.1, 0.15) is 23.6 Å². The second kappa shape index (κ2) is 5.45. The molecule has 0 aliphatic rings. The van der Waals surface area contributed by atoms with E-state index < -0.39 is 5.54 Å². The molecule has 0 saturated heterocycles. The molecule has 0 heterocycles. The van der Waals surface area contributed by atoms with E-state index in [0.717, 1.165) is 17.7 Å². The molecule has 1 atom stereocenters. The van der Waals surface area contributed by atoms with Gasteiger partial charge in [-0.05, 0) is 37.5 Å². The van der Waals surface area contributed by atoms with Crippen LogP contribution in [0.4, 0.5) is 0 Å². The minimum Gasteiger partial charge on any atom is -0.496 e. The number of methoxy groups -OCH3 is 1. The Morgan fingerprint density at radius 1 is 1.05 bits per heavy atom. The summed E-state index contributed by atoms with van der Waals surface area (Å²) < 4.78 is 5.42. The lowest BCUT2D eigenvalue weighted by Gasteiger charge is -2.28. The van der Waals surface area contributed by atoms with Crippen molar-refractivity contribution in [1.29, 1.82) is 0 Å².